The van der Waals surface area contributed by atoms with Crippen molar-refractivity contribution >= 4 is 17.3 Å². The fraction of sp³-hybridized carbons (Fsp3) is 0.235. The lowest BCUT2D eigenvalue weighted by Crippen LogP contribution is -2.39. The number of nitro groups is 1. The lowest BCUT2D eigenvalue weighted by Gasteiger charge is -2.20. The van der Waals surface area contributed by atoms with Gasteiger partial charge < -0.3 is 5.32 Å². The van der Waals surface area contributed by atoms with Crippen LogP contribution < -0.4 is 10.6 Å². The van der Waals surface area contributed by atoms with Crippen molar-refractivity contribution in [3.05, 3.63) is 69.8 Å². The Morgan fingerprint density at radius 1 is 1.16 bits per heavy atom. The fourth-order valence-electron chi connectivity index (χ4n) is 2.37. The van der Waals surface area contributed by atoms with Gasteiger partial charge in [-0.25, -0.2) is 8.78 Å². The third-order valence-electron chi connectivity index (χ3n) is 3.68. The van der Waals surface area contributed by atoms with E-state index in [4.69, 9.17) is 0 Å². The van der Waals surface area contributed by atoms with Crippen LogP contribution in [0.4, 0.5) is 20.2 Å². The highest BCUT2D eigenvalue weighted by Gasteiger charge is 2.21. The van der Waals surface area contributed by atoms with Gasteiger partial charge in [0, 0.05) is 23.7 Å². The number of nitro benzene ring substituents is 1. The molecule has 2 N–H and O–H groups in total. The highest BCUT2D eigenvalue weighted by molar-refractivity contribution is 5.96. The van der Waals surface area contributed by atoms with Crippen LogP contribution in [0.2, 0.25) is 0 Å². The molecule has 2 rings (SSSR count). The smallest absolute Gasteiger partial charge is 0.292 e. The van der Waals surface area contributed by atoms with Crippen LogP contribution >= 0.6 is 0 Å². The maximum Gasteiger partial charge on any atom is 0.292 e. The molecule has 0 bridgehead atoms. The molecular formula is C17H17F2N3O3. The van der Waals surface area contributed by atoms with Crippen LogP contribution in [0.25, 0.3) is 0 Å². The number of para-hydroxylation sites is 2. The molecule has 0 saturated heterocycles. The number of nitrogens with zero attached hydrogens (tertiary/aromatic N) is 1. The van der Waals surface area contributed by atoms with Gasteiger partial charge >= 0.3 is 0 Å². The first kappa shape index (κ1) is 18.5. The number of rotatable bonds is 6. The van der Waals surface area contributed by atoms with Crippen LogP contribution in [-0.4, -0.2) is 16.9 Å². The summed E-state index contributed by atoms with van der Waals surface area (Å²) in [6.07, 6.45) is 0. The lowest BCUT2D eigenvalue weighted by molar-refractivity contribution is -0.383. The van der Waals surface area contributed by atoms with Crippen LogP contribution in [0, 0.1) is 21.7 Å². The molecule has 1 amide bonds. The van der Waals surface area contributed by atoms with Gasteiger partial charge in [-0.15, -0.1) is 0 Å². The molecule has 0 aliphatic rings. The molecule has 0 spiro atoms. The zero-order chi connectivity index (χ0) is 18.6. The van der Waals surface area contributed by atoms with Gasteiger partial charge in [0.25, 0.3) is 5.69 Å². The summed E-state index contributed by atoms with van der Waals surface area (Å²) in [6, 6.07) is 7.64. The molecule has 0 radical (unpaired) electrons. The van der Waals surface area contributed by atoms with E-state index in [1.807, 2.05) is 0 Å². The second-order valence-electron chi connectivity index (χ2n) is 5.54. The molecule has 0 aromatic heterocycles. The predicted molar refractivity (Wildman–Crippen MR) is 89.1 cm³/mol. The molecule has 25 heavy (non-hydrogen) atoms. The summed E-state index contributed by atoms with van der Waals surface area (Å²) in [4.78, 5) is 22.6. The Hall–Kier alpha value is -2.87. The van der Waals surface area contributed by atoms with E-state index in [9.17, 15) is 23.7 Å². The summed E-state index contributed by atoms with van der Waals surface area (Å²) in [6.45, 7) is 3.17. The highest BCUT2D eigenvalue weighted by atomic mass is 19.1. The van der Waals surface area contributed by atoms with Gasteiger partial charge in [-0.3, -0.25) is 20.2 Å². The van der Waals surface area contributed by atoms with E-state index in [-0.39, 0.29) is 16.9 Å². The Labute approximate surface area is 143 Å². The van der Waals surface area contributed by atoms with Crippen molar-refractivity contribution in [1.29, 1.82) is 0 Å². The second kappa shape index (κ2) is 7.80. The number of hydrogen-bond acceptors (Lipinski definition) is 4. The molecule has 0 unspecified atom stereocenters. The lowest BCUT2D eigenvalue weighted by atomic mass is 10.1. The van der Waals surface area contributed by atoms with Crippen molar-refractivity contribution in [2.75, 3.05) is 5.32 Å². The van der Waals surface area contributed by atoms with Gasteiger partial charge in [0.05, 0.1) is 11.0 Å². The third-order valence-corrected chi connectivity index (χ3v) is 3.68. The van der Waals surface area contributed by atoms with Crippen LogP contribution in [0.5, 0.6) is 0 Å². The number of amides is 1. The molecule has 0 aliphatic carbocycles. The summed E-state index contributed by atoms with van der Waals surface area (Å²) < 4.78 is 26.8. The zero-order valence-corrected chi connectivity index (χ0v) is 13.6. The molecule has 132 valence electrons. The predicted octanol–water partition coefficient (Wildman–Crippen LogP) is 3.55. The van der Waals surface area contributed by atoms with E-state index in [1.54, 1.807) is 19.9 Å². The zero-order valence-electron chi connectivity index (χ0n) is 13.6. The molecule has 0 aliphatic heterocycles. The van der Waals surface area contributed by atoms with Gasteiger partial charge in [-0.2, -0.15) is 0 Å². The minimum Gasteiger partial charge on any atom is -0.319 e. The quantitative estimate of drug-likeness (QED) is 0.617. The van der Waals surface area contributed by atoms with Crippen LogP contribution in [0.1, 0.15) is 25.5 Å². The SMILES string of the molecule is C[C@H](N[C@H](C)C(=O)Nc1ccccc1[N+](=O)[O-])c1ccc(F)cc1F. The van der Waals surface area contributed by atoms with Gasteiger partial charge in [0.2, 0.25) is 5.91 Å². The van der Waals surface area contributed by atoms with Crippen LogP contribution in [-0.2, 0) is 4.79 Å². The van der Waals surface area contributed by atoms with Gasteiger partial charge in [0.15, 0.2) is 0 Å². The molecule has 6 nitrogen and oxygen atoms in total. The monoisotopic (exact) mass is 349 g/mol. The molecule has 2 aromatic carbocycles. The number of halogens is 2. The number of nitrogens with one attached hydrogen (secondary N) is 2. The Kier molecular flexibility index (Phi) is 5.76. The summed E-state index contributed by atoms with van der Waals surface area (Å²) in [5.74, 6) is -1.91. The Balaban J connectivity index is 2.06. The van der Waals surface area contributed by atoms with Crippen molar-refractivity contribution < 1.29 is 18.5 Å². The van der Waals surface area contributed by atoms with Crippen LogP contribution in [0.15, 0.2) is 42.5 Å². The van der Waals surface area contributed by atoms with Gasteiger partial charge in [0.1, 0.15) is 17.3 Å². The molecule has 2 aromatic rings. The highest BCUT2D eigenvalue weighted by Crippen LogP contribution is 2.23. The van der Waals surface area contributed by atoms with Gasteiger partial charge in [-0.05, 0) is 26.0 Å². The maximum absolute atomic E-state index is 13.8. The first-order chi connectivity index (χ1) is 11.8. The van der Waals surface area contributed by atoms with Crippen molar-refractivity contribution in [2.24, 2.45) is 0 Å². The molecular weight excluding hydrogens is 332 g/mol. The van der Waals surface area contributed by atoms with Crippen molar-refractivity contribution in [2.45, 2.75) is 25.9 Å². The Morgan fingerprint density at radius 2 is 1.84 bits per heavy atom. The van der Waals surface area contributed by atoms with Crippen LogP contribution in [0.3, 0.4) is 0 Å². The van der Waals surface area contributed by atoms with E-state index < -0.39 is 34.5 Å². The van der Waals surface area contributed by atoms with E-state index in [0.29, 0.717) is 0 Å². The normalized spacial score (nSPS) is 13.1. The molecule has 0 heterocycles. The fourth-order valence-corrected chi connectivity index (χ4v) is 2.37. The minimum absolute atomic E-state index is 0.0757. The Morgan fingerprint density at radius 3 is 2.48 bits per heavy atom. The summed E-state index contributed by atoms with van der Waals surface area (Å²) >= 11 is 0. The average molecular weight is 349 g/mol. The number of carbonyl (C=O) groups excluding carboxylic acids is 1. The van der Waals surface area contributed by atoms with Gasteiger partial charge in [-0.1, -0.05) is 18.2 Å². The van der Waals surface area contributed by atoms with Crippen molar-refractivity contribution in [1.82, 2.24) is 5.32 Å². The number of hydrogen-bond donors (Lipinski definition) is 2. The topological polar surface area (TPSA) is 84.3 Å². The van der Waals surface area contributed by atoms with E-state index >= 15 is 0 Å². The Bertz CT molecular complexity index is 798. The number of carbonyl (C=O) groups is 1. The largest absolute Gasteiger partial charge is 0.319 e. The summed E-state index contributed by atoms with van der Waals surface area (Å²) in [5.41, 5.74) is 0.0687. The van der Waals surface area contributed by atoms with Crippen molar-refractivity contribution in [3.63, 3.8) is 0 Å². The number of anilines is 1. The summed E-state index contributed by atoms with van der Waals surface area (Å²) in [5, 5.41) is 16.3. The first-order valence-electron chi connectivity index (χ1n) is 7.55. The minimum atomic E-state index is -0.765. The standard InChI is InChI=1S/C17H17F2N3O3/c1-10(13-8-7-12(18)9-14(13)19)20-11(2)17(23)21-15-5-3-4-6-16(15)22(24)25/h3-11,20H,1-2H3,(H,21,23)/t10-,11+/m0/s1. The summed E-state index contributed by atoms with van der Waals surface area (Å²) in [7, 11) is 0. The van der Waals surface area contributed by atoms with Crippen molar-refractivity contribution in [3.8, 4) is 0 Å². The first-order valence-corrected chi connectivity index (χ1v) is 7.55. The third kappa shape index (κ3) is 4.57. The number of benzene rings is 2. The molecule has 8 heteroatoms. The average Bonchev–Trinajstić information content (AvgIpc) is 2.54. The molecule has 2 atom stereocenters. The molecule has 0 fully saturated rings. The van der Waals surface area contributed by atoms with E-state index in [2.05, 4.69) is 10.6 Å². The van der Waals surface area contributed by atoms with E-state index in [1.165, 1.54) is 24.3 Å². The van der Waals surface area contributed by atoms with E-state index in [0.717, 1.165) is 12.1 Å². The maximum atomic E-state index is 13.8. The second-order valence-corrected chi connectivity index (χ2v) is 5.54. The molecule has 0 saturated carbocycles.